The fraction of sp³-hybridized carbons (Fsp3) is 0.435. The van der Waals surface area contributed by atoms with Crippen LogP contribution in [0.15, 0.2) is 63.7 Å². The van der Waals surface area contributed by atoms with Crippen LogP contribution in [0, 0.1) is 23.7 Å². The van der Waals surface area contributed by atoms with Gasteiger partial charge < -0.3 is 5.11 Å². The highest BCUT2D eigenvalue weighted by Gasteiger charge is 2.48. The molecule has 0 saturated heterocycles. The number of aromatic carboxylic acids is 1. The van der Waals surface area contributed by atoms with E-state index in [1.54, 1.807) is 24.3 Å². The molecule has 4 aliphatic rings. The van der Waals surface area contributed by atoms with Crippen LogP contribution in [0.5, 0.6) is 0 Å². The molecular formula is C23H24N2O2S. The Labute approximate surface area is 169 Å². The predicted molar refractivity (Wildman–Crippen MR) is 111 cm³/mol. The van der Waals surface area contributed by atoms with E-state index in [2.05, 4.69) is 34.1 Å². The highest BCUT2D eigenvalue weighted by atomic mass is 32.2. The van der Waals surface area contributed by atoms with Gasteiger partial charge in [-0.3, -0.25) is 0 Å². The number of azo groups is 1. The maximum atomic E-state index is 10.9. The zero-order valence-electron chi connectivity index (χ0n) is 15.7. The van der Waals surface area contributed by atoms with Gasteiger partial charge in [0.1, 0.15) is 0 Å². The van der Waals surface area contributed by atoms with E-state index in [-0.39, 0.29) is 5.56 Å². The molecule has 0 radical (unpaired) electrons. The minimum absolute atomic E-state index is 0.255. The fourth-order valence-corrected chi connectivity index (χ4v) is 7.04. The van der Waals surface area contributed by atoms with Gasteiger partial charge in [0.15, 0.2) is 0 Å². The summed E-state index contributed by atoms with van der Waals surface area (Å²) in [5.41, 5.74) is 1.72. The number of carboxylic acids is 1. The molecule has 0 aromatic heterocycles. The van der Waals surface area contributed by atoms with Crippen LogP contribution in [-0.4, -0.2) is 16.3 Å². The maximum absolute atomic E-state index is 10.9. The van der Waals surface area contributed by atoms with Gasteiger partial charge in [-0.25, -0.2) is 4.79 Å². The third-order valence-electron chi connectivity index (χ3n) is 6.64. The van der Waals surface area contributed by atoms with Gasteiger partial charge in [-0.2, -0.15) is 10.2 Å². The van der Waals surface area contributed by atoms with Crippen LogP contribution in [-0.2, 0) is 0 Å². The zero-order valence-corrected chi connectivity index (χ0v) is 16.5. The summed E-state index contributed by atoms with van der Waals surface area (Å²) in [6, 6.07) is 14.8. The average Bonchev–Trinajstić information content (AvgIpc) is 2.70. The number of rotatable bonds is 5. The predicted octanol–water partition coefficient (Wildman–Crippen LogP) is 6.72. The van der Waals surface area contributed by atoms with Crippen LogP contribution in [0.2, 0.25) is 0 Å². The summed E-state index contributed by atoms with van der Waals surface area (Å²) in [6.45, 7) is 0. The molecule has 0 unspecified atom stereocenters. The van der Waals surface area contributed by atoms with E-state index in [1.165, 1.54) is 37.0 Å². The molecule has 4 saturated carbocycles. The van der Waals surface area contributed by atoms with Crippen molar-refractivity contribution in [3.8, 4) is 0 Å². The molecule has 0 aliphatic heterocycles. The summed E-state index contributed by atoms with van der Waals surface area (Å²) in [5.74, 6) is 2.96. The topological polar surface area (TPSA) is 62.0 Å². The van der Waals surface area contributed by atoms with Gasteiger partial charge >= 0.3 is 5.97 Å². The summed E-state index contributed by atoms with van der Waals surface area (Å²) >= 11 is 2.08. The highest BCUT2D eigenvalue weighted by Crippen LogP contribution is 2.58. The van der Waals surface area contributed by atoms with E-state index in [0.29, 0.717) is 5.69 Å². The van der Waals surface area contributed by atoms with Crippen molar-refractivity contribution in [2.45, 2.75) is 42.2 Å². The Morgan fingerprint density at radius 3 is 1.79 bits per heavy atom. The molecule has 0 heterocycles. The van der Waals surface area contributed by atoms with Crippen LogP contribution >= 0.6 is 11.8 Å². The van der Waals surface area contributed by atoms with E-state index in [0.717, 1.165) is 34.6 Å². The molecule has 4 fully saturated rings. The summed E-state index contributed by atoms with van der Waals surface area (Å²) < 4.78 is 0. The number of hydrogen-bond acceptors (Lipinski definition) is 4. The number of carbonyl (C=O) groups is 1. The molecule has 0 amide bonds. The smallest absolute Gasteiger partial charge is 0.335 e. The summed E-state index contributed by atoms with van der Waals surface area (Å²) in [6.07, 6.45) is 7.33. The van der Waals surface area contributed by atoms with Gasteiger partial charge in [0, 0.05) is 10.1 Å². The zero-order chi connectivity index (χ0) is 19.1. The molecule has 144 valence electrons. The van der Waals surface area contributed by atoms with Gasteiger partial charge in [-0.15, -0.1) is 11.8 Å². The first-order chi connectivity index (χ1) is 13.6. The summed E-state index contributed by atoms with van der Waals surface area (Å²) in [4.78, 5) is 12.2. The Morgan fingerprint density at radius 1 is 0.786 bits per heavy atom. The van der Waals surface area contributed by atoms with Crippen LogP contribution in [0.25, 0.3) is 0 Å². The molecule has 0 atom stereocenters. The van der Waals surface area contributed by atoms with Crippen LogP contribution in [0.3, 0.4) is 0 Å². The minimum Gasteiger partial charge on any atom is -0.478 e. The number of carboxylic acid groups (broad SMARTS) is 1. The van der Waals surface area contributed by atoms with Gasteiger partial charge in [0.25, 0.3) is 0 Å². The van der Waals surface area contributed by atoms with Crippen molar-refractivity contribution in [2.75, 3.05) is 0 Å². The Balaban J connectivity index is 1.23. The van der Waals surface area contributed by atoms with E-state index in [1.807, 2.05) is 12.1 Å². The van der Waals surface area contributed by atoms with Crippen LogP contribution in [0.4, 0.5) is 11.4 Å². The first kappa shape index (κ1) is 17.9. The number of benzene rings is 2. The largest absolute Gasteiger partial charge is 0.478 e. The molecule has 2 aromatic carbocycles. The lowest BCUT2D eigenvalue weighted by Gasteiger charge is -2.54. The van der Waals surface area contributed by atoms with Crippen molar-refractivity contribution in [1.82, 2.24) is 0 Å². The molecule has 4 aliphatic carbocycles. The quantitative estimate of drug-likeness (QED) is 0.575. The lowest BCUT2D eigenvalue weighted by Crippen LogP contribution is -2.46. The Bertz CT molecular complexity index is 864. The second-order valence-corrected chi connectivity index (χ2v) is 9.81. The molecule has 2 aromatic rings. The fourth-order valence-electron chi connectivity index (χ4n) is 5.60. The Hall–Kier alpha value is -2.14. The van der Waals surface area contributed by atoms with Crippen molar-refractivity contribution in [3.05, 3.63) is 54.1 Å². The Kier molecular flexibility index (Phi) is 4.71. The molecule has 1 N–H and O–H groups in total. The van der Waals surface area contributed by atoms with E-state index >= 15 is 0 Å². The number of thioether (sulfide) groups is 1. The third kappa shape index (κ3) is 3.60. The van der Waals surface area contributed by atoms with Crippen molar-refractivity contribution in [1.29, 1.82) is 0 Å². The molecule has 0 spiro atoms. The second-order valence-electron chi connectivity index (χ2n) is 8.56. The summed E-state index contributed by atoms with van der Waals surface area (Å²) in [5, 5.41) is 18.2. The standard InChI is InChI=1S/C23H24N2O2S/c26-23(27)16-1-3-19(4-2-16)24-25-20-5-7-21(8-6-20)28-22-17-10-14-9-15(12-17)13-18(22)11-14/h1-8,14-15,17-18,22H,9-13H2,(H,26,27)/b25-24+. The average molecular weight is 393 g/mol. The molecule has 6 rings (SSSR count). The van der Waals surface area contributed by atoms with Gasteiger partial charge in [0.05, 0.1) is 16.9 Å². The maximum Gasteiger partial charge on any atom is 0.335 e. The monoisotopic (exact) mass is 392 g/mol. The van der Waals surface area contributed by atoms with Crippen molar-refractivity contribution >= 4 is 29.1 Å². The van der Waals surface area contributed by atoms with Crippen molar-refractivity contribution in [3.63, 3.8) is 0 Å². The molecule has 4 bridgehead atoms. The van der Waals surface area contributed by atoms with E-state index in [4.69, 9.17) is 5.11 Å². The number of hydrogen-bond donors (Lipinski definition) is 1. The third-order valence-corrected chi connectivity index (χ3v) is 8.23. The number of nitrogens with zero attached hydrogens (tertiary/aromatic N) is 2. The van der Waals surface area contributed by atoms with Gasteiger partial charge in [-0.05, 0) is 104 Å². The van der Waals surface area contributed by atoms with Crippen LogP contribution < -0.4 is 0 Å². The molecule has 5 heteroatoms. The van der Waals surface area contributed by atoms with E-state index in [9.17, 15) is 4.79 Å². The molecule has 4 nitrogen and oxygen atoms in total. The van der Waals surface area contributed by atoms with Gasteiger partial charge in [0.2, 0.25) is 0 Å². The normalized spacial score (nSPS) is 30.8. The summed E-state index contributed by atoms with van der Waals surface area (Å²) in [7, 11) is 0. The van der Waals surface area contributed by atoms with Crippen molar-refractivity contribution in [2.24, 2.45) is 33.9 Å². The van der Waals surface area contributed by atoms with Gasteiger partial charge in [-0.1, -0.05) is 0 Å². The Morgan fingerprint density at radius 2 is 1.29 bits per heavy atom. The second kappa shape index (κ2) is 7.36. The molecule has 28 heavy (non-hydrogen) atoms. The van der Waals surface area contributed by atoms with E-state index < -0.39 is 5.97 Å². The minimum atomic E-state index is -0.935. The first-order valence-corrected chi connectivity index (χ1v) is 11.0. The lowest BCUT2D eigenvalue weighted by atomic mass is 9.56. The SMILES string of the molecule is O=C(O)c1ccc(/N=N/c2ccc(SC3C4CC5CC(C4)CC3C5)cc2)cc1. The molecular weight excluding hydrogens is 368 g/mol. The highest BCUT2D eigenvalue weighted by molar-refractivity contribution is 8.00. The lowest BCUT2D eigenvalue weighted by molar-refractivity contribution is 0.0267. The van der Waals surface area contributed by atoms with Crippen molar-refractivity contribution < 1.29 is 9.90 Å². The van der Waals surface area contributed by atoms with Crippen LogP contribution in [0.1, 0.15) is 42.5 Å². The first-order valence-electron chi connectivity index (χ1n) is 10.2.